The van der Waals surface area contributed by atoms with E-state index in [1.54, 1.807) is 11.1 Å². The minimum absolute atomic E-state index is 0.0427. The minimum Gasteiger partial charge on any atom is -0.393 e. The number of hydrogen-bond acceptors (Lipinski definition) is 2. The van der Waals surface area contributed by atoms with Crippen molar-refractivity contribution in [2.45, 2.75) is 63.5 Å². The van der Waals surface area contributed by atoms with Crippen molar-refractivity contribution >= 4 is 0 Å². The predicted molar refractivity (Wildman–Crippen MR) is 65.3 cm³/mol. The molecule has 0 spiro atoms. The number of likely N-dealkylation sites (tertiary alicyclic amines) is 1. The molecule has 3 aliphatic rings. The SMILES string of the molecule is O[C@@H]1CCC2=C(C1)C[C@@H](N1CCCCC1)C2. The summed E-state index contributed by atoms with van der Waals surface area (Å²) in [6.45, 7) is 2.63. The molecule has 1 heterocycles. The van der Waals surface area contributed by atoms with Gasteiger partial charge in [0.25, 0.3) is 0 Å². The van der Waals surface area contributed by atoms with Crippen LogP contribution in [-0.2, 0) is 0 Å². The maximum absolute atomic E-state index is 9.71. The van der Waals surface area contributed by atoms with Gasteiger partial charge in [-0.15, -0.1) is 0 Å². The highest BCUT2D eigenvalue weighted by atomic mass is 16.3. The van der Waals surface area contributed by atoms with Crippen LogP contribution < -0.4 is 0 Å². The lowest BCUT2D eigenvalue weighted by atomic mass is 9.92. The molecule has 16 heavy (non-hydrogen) atoms. The van der Waals surface area contributed by atoms with Crippen LogP contribution in [0.2, 0.25) is 0 Å². The Balaban J connectivity index is 1.62. The van der Waals surface area contributed by atoms with Crippen LogP contribution in [0.3, 0.4) is 0 Å². The average Bonchev–Trinajstić information content (AvgIpc) is 2.73. The van der Waals surface area contributed by atoms with Crippen LogP contribution in [0.5, 0.6) is 0 Å². The van der Waals surface area contributed by atoms with E-state index >= 15 is 0 Å². The zero-order chi connectivity index (χ0) is 11.0. The van der Waals surface area contributed by atoms with E-state index in [4.69, 9.17) is 0 Å². The van der Waals surface area contributed by atoms with Crippen molar-refractivity contribution < 1.29 is 5.11 Å². The van der Waals surface area contributed by atoms with E-state index in [2.05, 4.69) is 4.90 Å². The molecule has 2 atom stereocenters. The van der Waals surface area contributed by atoms with E-state index in [0.29, 0.717) is 0 Å². The summed E-state index contributed by atoms with van der Waals surface area (Å²) in [5.74, 6) is 0. The summed E-state index contributed by atoms with van der Waals surface area (Å²) in [6, 6.07) is 0.788. The molecule has 0 aromatic heterocycles. The molecule has 1 aliphatic heterocycles. The molecule has 0 aromatic rings. The van der Waals surface area contributed by atoms with Crippen LogP contribution in [-0.4, -0.2) is 35.2 Å². The van der Waals surface area contributed by atoms with E-state index in [1.807, 2.05) is 0 Å². The minimum atomic E-state index is -0.0427. The van der Waals surface area contributed by atoms with Crippen LogP contribution in [0.15, 0.2) is 11.1 Å². The Morgan fingerprint density at radius 2 is 1.69 bits per heavy atom. The first-order valence-corrected chi connectivity index (χ1v) is 6.95. The van der Waals surface area contributed by atoms with Gasteiger partial charge < -0.3 is 5.11 Å². The number of hydrogen-bond donors (Lipinski definition) is 1. The molecule has 2 nitrogen and oxygen atoms in total. The monoisotopic (exact) mass is 221 g/mol. The third-order valence-electron chi connectivity index (χ3n) is 4.63. The maximum Gasteiger partial charge on any atom is 0.0580 e. The first-order valence-electron chi connectivity index (χ1n) is 6.95. The van der Waals surface area contributed by atoms with E-state index in [-0.39, 0.29) is 6.10 Å². The van der Waals surface area contributed by atoms with Gasteiger partial charge in [-0.25, -0.2) is 0 Å². The number of rotatable bonds is 1. The van der Waals surface area contributed by atoms with Crippen molar-refractivity contribution in [1.29, 1.82) is 0 Å². The highest BCUT2D eigenvalue weighted by molar-refractivity contribution is 5.26. The Morgan fingerprint density at radius 1 is 0.938 bits per heavy atom. The lowest BCUT2D eigenvalue weighted by Gasteiger charge is -2.32. The third kappa shape index (κ3) is 2.05. The van der Waals surface area contributed by atoms with E-state index in [0.717, 1.165) is 18.9 Å². The number of piperidine rings is 1. The Kier molecular flexibility index (Phi) is 3.03. The van der Waals surface area contributed by atoms with Crippen LogP contribution in [0, 0.1) is 0 Å². The molecule has 3 rings (SSSR count). The zero-order valence-corrected chi connectivity index (χ0v) is 10.1. The van der Waals surface area contributed by atoms with Gasteiger partial charge in [-0.3, -0.25) is 4.90 Å². The molecule has 0 aromatic carbocycles. The van der Waals surface area contributed by atoms with Crippen LogP contribution in [0.1, 0.15) is 51.4 Å². The average molecular weight is 221 g/mol. The Bertz CT molecular complexity index is 291. The molecule has 2 aliphatic carbocycles. The van der Waals surface area contributed by atoms with Crippen molar-refractivity contribution in [3.8, 4) is 0 Å². The second-order valence-electron chi connectivity index (χ2n) is 5.76. The fraction of sp³-hybridized carbons (Fsp3) is 0.857. The Labute approximate surface area is 98.3 Å². The van der Waals surface area contributed by atoms with Crippen LogP contribution >= 0.6 is 0 Å². The number of nitrogens with zero attached hydrogens (tertiary/aromatic N) is 1. The summed E-state index contributed by atoms with van der Waals surface area (Å²) in [5, 5.41) is 9.71. The third-order valence-corrected chi connectivity index (χ3v) is 4.63. The van der Waals surface area contributed by atoms with Gasteiger partial charge >= 0.3 is 0 Å². The molecule has 1 fully saturated rings. The van der Waals surface area contributed by atoms with Crippen molar-refractivity contribution in [3.63, 3.8) is 0 Å². The molecule has 2 heteroatoms. The molecule has 1 N–H and O–H groups in total. The topological polar surface area (TPSA) is 23.5 Å². The predicted octanol–water partition coefficient (Wildman–Crippen LogP) is 2.48. The van der Waals surface area contributed by atoms with Gasteiger partial charge in [-0.1, -0.05) is 17.6 Å². The maximum atomic E-state index is 9.71. The van der Waals surface area contributed by atoms with Gasteiger partial charge in [0.15, 0.2) is 0 Å². The smallest absolute Gasteiger partial charge is 0.0580 e. The summed E-state index contributed by atoms with van der Waals surface area (Å²) in [4.78, 5) is 2.70. The quantitative estimate of drug-likeness (QED) is 0.688. The van der Waals surface area contributed by atoms with Gasteiger partial charge in [-0.05, 0) is 58.0 Å². The normalized spacial score (nSPS) is 36.6. The molecule has 0 amide bonds. The standard InChI is InChI=1S/C14H23NO/c16-14-5-4-11-8-13(9-12(11)10-14)15-6-2-1-3-7-15/h13-14,16H,1-10H2/t13-,14+/m0/s1. The van der Waals surface area contributed by atoms with Gasteiger partial charge in [0.2, 0.25) is 0 Å². The van der Waals surface area contributed by atoms with Crippen molar-refractivity contribution in [2.75, 3.05) is 13.1 Å². The number of aliphatic hydroxyl groups excluding tert-OH is 1. The zero-order valence-electron chi connectivity index (χ0n) is 10.1. The molecular formula is C14H23NO. The molecule has 0 radical (unpaired) electrons. The molecule has 90 valence electrons. The van der Waals surface area contributed by atoms with Gasteiger partial charge in [-0.2, -0.15) is 0 Å². The van der Waals surface area contributed by atoms with E-state index in [1.165, 1.54) is 51.6 Å². The first-order chi connectivity index (χ1) is 7.83. The highest BCUT2D eigenvalue weighted by Gasteiger charge is 2.32. The molecule has 0 unspecified atom stereocenters. The van der Waals surface area contributed by atoms with Crippen LogP contribution in [0.4, 0.5) is 0 Å². The Hall–Kier alpha value is -0.340. The van der Waals surface area contributed by atoms with Gasteiger partial charge in [0.1, 0.15) is 0 Å². The van der Waals surface area contributed by atoms with Crippen molar-refractivity contribution in [1.82, 2.24) is 4.90 Å². The van der Waals surface area contributed by atoms with Crippen molar-refractivity contribution in [3.05, 3.63) is 11.1 Å². The number of aliphatic hydroxyl groups is 1. The summed E-state index contributed by atoms with van der Waals surface area (Å²) < 4.78 is 0. The fourth-order valence-corrected chi connectivity index (χ4v) is 3.71. The summed E-state index contributed by atoms with van der Waals surface area (Å²) in [5.41, 5.74) is 3.30. The van der Waals surface area contributed by atoms with Gasteiger partial charge in [0.05, 0.1) is 6.10 Å². The first kappa shape index (κ1) is 10.8. The summed E-state index contributed by atoms with van der Waals surface area (Å²) in [7, 11) is 0. The largest absolute Gasteiger partial charge is 0.393 e. The fourth-order valence-electron chi connectivity index (χ4n) is 3.71. The van der Waals surface area contributed by atoms with Crippen molar-refractivity contribution in [2.24, 2.45) is 0 Å². The van der Waals surface area contributed by atoms with Gasteiger partial charge in [0, 0.05) is 6.04 Å². The molecule has 1 saturated heterocycles. The van der Waals surface area contributed by atoms with E-state index in [9.17, 15) is 5.11 Å². The Morgan fingerprint density at radius 3 is 2.50 bits per heavy atom. The molecule has 0 saturated carbocycles. The second kappa shape index (κ2) is 4.50. The lowest BCUT2D eigenvalue weighted by molar-refractivity contribution is 0.156. The lowest BCUT2D eigenvalue weighted by Crippen LogP contribution is -2.38. The summed E-state index contributed by atoms with van der Waals surface area (Å²) in [6.07, 6.45) is 9.88. The second-order valence-corrected chi connectivity index (χ2v) is 5.76. The molecule has 0 bridgehead atoms. The summed E-state index contributed by atoms with van der Waals surface area (Å²) >= 11 is 0. The highest BCUT2D eigenvalue weighted by Crippen LogP contribution is 2.39. The van der Waals surface area contributed by atoms with Crippen LogP contribution in [0.25, 0.3) is 0 Å². The molecular weight excluding hydrogens is 198 g/mol. The van der Waals surface area contributed by atoms with E-state index < -0.39 is 0 Å².